The molecule has 2 heterocycles. The van der Waals surface area contributed by atoms with Gasteiger partial charge in [0.2, 0.25) is 0 Å². The molecule has 4 N–H and O–H groups in total. The Bertz CT molecular complexity index is 1140. The van der Waals surface area contributed by atoms with Crippen LogP contribution in [0.3, 0.4) is 0 Å². The summed E-state index contributed by atoms with van der Waals surface area (Å²) in [6.07, 6.45) is 1.62. The minimum Gasteiger partial charge on any atom is -0.383 e. The molecule has 0 aliphatic carbocycles. The lowest BCUT2D eigenvalue weighted by Gasteiger charge is -2.10. The number of halogens is 2. The monoisotopic (exact) mass is 379 g/mol. The highest BCUT2D eigenvalue weighted by Gasteiger charge is 2.19. The summed E-state index contributed by atoms with van der Waals surface area (Å²) >= 11 is 0. The molecular weight excluding hydrogens is 364 g/mol. The molecular formula is C19H15F2N7. The first-order chi connectivity index (χ1) is 13.6. The summed E-state index contributed by atoms with van der Waals surface area (Å²) in [5.74, 6) is -1.75. The van der Waals surface area contributed by atoms with E-state index in [0.29, 0.717) is 12.1 Å². The van der Waals surface area contributed by atoms with E-state index in [1.165, 1.54) is 12.1 Å². The summed E-state index contributed by atoms with van der Waals surface area (Å²) in [5.41, 5.74) is 14.6. The Hall–Kier alpha value is -3.72. The highest BCUT2D eigenvalue weighted by Crippen LogP contribution is 2.30. The number of rotatable bonds is 4. The fourth-order valence-electron chi connectivity index (χ4n) is 2.82. The van der Waals surface area contributed by atoms with Gasteiger partial charge in [-0.2, -0.15) is 4.68 Å². The first kappa shape index (κ1) is 17.7. The van der Waals surface area contributed by atoms with Gasteiger partial charge in [0.25, 0.3) is 0 Å². The number of hydrogen-bond donors (Lipinski definition) is 2. The van der Waals surface area contributed by atoms with Crippen LogP contribution in [0.5, 0.6) is 0 Å². The third-order valence-electron chi connectivity index (χ3n) is 4.31. The van der Waals surface area contributed by atoms with Crippen molar-refractivity contribution in [1.29, 1.82) is 0 Å². The Balaban J connectivity index is 1.82. The summed E-state index contributed by atoms with van der Waals surface area (Å²) in [4.78, 5) is 4.21. The number of hydrogen-bond acceptors (Lipinski definition) is 6. The Morgan fingerprint density at radius 2 is 1.79 bits per heavy atom. The van der Waals surface area contributed by atoms with E-state index in [-0.39, 0.29) is 17.3 Å². The first-order valence-electron chi connectivity index (χ1n) is 8.36. The predicted molar refractivity (Wildman–Crippen MR) is 100 cm³/mol. The van der Waals surface area contributed by atoms with Gasteiger partial charge in [0.15, 0.2) is 17.5 Å². The summed E-state index contributed by atoms with van der Waals surface area (Å²) in [5, 5.41) is 11.3. The number of aromatic nitrogens is 5. The lowest BCUT2D eigenvalue weighted by molar-refractivity contribution is 0.501. The van der Waals surface area contributed by atoms with Gasteiger partial charge in [-0.1, -0.05) is 30.3 Å². The van der Waals surface area contributed by atoms with Crippen LogP contribution in [0.4, 0.5) is 14.6 Å². The summed E-state index contributed by atoms with van der Waals surface area (Å²) in [6.45, 7) is 0.444. The molecule has 28 heavy (non-hydrogen) atoms. The highest BCUT2D eigenvalue weighted by molar-refractivity contribution is 5.76. The average Bonchev–Trinajstić information content (AvgIpc) is 3.20. The summed E-state index contributed by atoms with van der Waals surface area (Å²) in [6, 6.07) is 13.2. The molecule has 9 heteroatoms. The van der Waals surface area contributed by atoms with Crippen LogP contribution in [0.25, 0.3) is 28.2 Å². The standard InChI is InChI=1S/C19H15F2N7/c20-15-2-1-3-16(17(15)21)28-19(25-26-27-28)14-8-13(10-24-18(14)23)12-6-4-11(9-22)5-7-12/h1-8,10H,9,22H2,(H2,23,24). The molecule has 0 fully saturated rings. The third kappa shape index (κ3) is 3.08. The maximum Gasteiger partial charge on any atom is 0.190 e. The van der Waals surface area contributed by atoms with Gasteiger partial charge in [0.05, 0.1) is 5.56 Å². The van der Waals surface area contributed by atoms with Crippen LogP contribution >= 0.6 is 0 Å². The second kappa shape index (κ2) is 7.12. The molecule has 2 aromatic heterocycles. The molecule has 0 bridgehead atoms. The van der Waals surface area contributed by atoms with Crippen molar-refractivity contribution in [3.05, 3.63) is 71.9 Å². The minimum absolute atomic E-state index is 0.128. The van der Waals surface area contributed by atoms with Crippen LogP contribution in [0.15, 0.2) is 54.7 Å². The van der Waals surface area contributed by atoms with Gasteiger partial charge in [-0.25, -0.2) is 13.8 Å². The van der Waals surface area contributed by atoms with Crippen LogP contribution in [-0.4, -0.2) is 25.2 Å². The molecule has 140 valence electrons. The van der Waals surface area contributed by atoms with E-state index in [4.69, 9.17) is 11.5 Å². The average molecular weight is 379 g/mol. The third-order valence-corrected chi connectivity index (χ3v) is 4.31. The van der Waals surface area contributed by atoms with Crippen molar-refractivity contribution in [2.75, 3.05) is 5.73 Å². The molecule has 0 aliphatic rings. The molecule has 0 atom stereocenters. The van der Waals surface area contributed by atoms with Gasteiger partial charge in [-0.3, -0.25) is 0 Å². The SMILES string of the molecule is NCc1ccc(-c2cnc(N)c(-c3nnnn3-c3cccc(F)c3F)c2)cc1. The lowest BCUT2D eigenvalue weighted by Crippen LogP contribution is -2.06. The van der Waals surface area contributed by atoms with Crippen molar-refractivity contribution >= 4 is 5.82 Å². The highest BCUT2D eigenvalue weighted by atomic mass is 19.2. The van der Waals surface area contributed by atoms with Crippen molar-refractivity contribution in [2.24, 2.45) is 5.73 Å². The van der Waals surface area contributed by atoms with Crippen molar-refractivity contribution in [1.82, 2.24) is 25.2 Å². The van der Waals surface area contributed by atoms with E-state index < -0.39 is 11.6 Å². The predicted octanol–water partition coefficient (Wildman–Crippen LogP) is 2.71. The van der Waals surface area contributed by atoms with Crippen LogP contribution < -0.4 is 11.5 Å². The Morgan fingerprint density at radius 1 is 1.00 bits per heavy atom. The van der Waals surface area contributed by atoms with Crippen molar-refractivity contribution in [3.8, 4) is 28.2 Å². The Labute approximate surface area is 158 Å². The van der Waals surface area contributed by atoms with Gasteiger partial charge >= 0.3 is 0 Å². The molecule has 0 radical (unpaired) electrons. The maximum absolute atomic E-state index is 14.2. The summed E-state index contributed by atoms with van der Waals surface area (Å²) in [7, 11) is 0. The van der Waals surface area contributed by atoms with E-state index in [9.17, 15) is 8.78 Å². The number of nitrogens with two attached hydrogens (primary N) is 2. The molecule has 0 saturated heterocycles. The van der Waals surface area contributed by atoms with Crippen molar-refractivity contribution in [3.63, 3.8) is 0 Å². The normalized spacial score (nSPS) is 11.0. The fourth-order valence-corrected chi connectivity index (χ4v) is 2.82. The smallest absolute Gasteiger partial charge is 0.190 e. The molecule has 0 spiro atoms. The minimum atomic E-state index is -1.06. The zero-order chi connectivity index (χ0) is 19.7. The van der Waals surface area contributed by atoms with Crippen LogP contribution in [0, 0.1) is 11.6 Å². The van der Waals surface area contributed by atoms with Crippen molar-refractivity contribution in [2.45, 2.75) is 6.54 Å². The number of pyridine rings is 1. The van der Waals surface area contributed by atoms with Gasteiger partial charge in [-0.05, 0) is 39.8 Å². The second-order valence-electron chi connectivity index (χ2n) is 6.05. The number of nitrogens with zero attached hydrogens (tertiary/aromatic N) is 5. The fraction of sp³-hybridized carbons (Fsp3) is 0.0526. The molecule has 0 saturated carbocycles. The van der Waals surface area contributed by atoms with Crippen LogP contribution in [0.1, 0.15) is 5.56 Å². The number of tetrazole rings is 1. The molecule has 0 aliphatic heterocycles. The Kier molecular flexibility index (Phi) is 4.50. The Morgan fingerprint density at radius 3 is 2.54 bits per heavy atom. The van der Waals surface area contributed by atoms with Gasteiger partial charge < -0.3 is 11.5 Å². The van der Waals surface area contributed by atoms with E-state index >= 15 is 0 Å². The molecule has 7 nitrogen and oxygen atoms in total. The van der Waals surface area contributed by atoms with Gasteiger partial charge in [-0.15, -0.1) is 5.10 Å². The van der Waals surface area contributed by atoms with Gasteiger partial charge in [0, 0.05) is 18.3 Å². The first-order valence-corrected chi connectivity index (χ1v) is 8.36. The largest absolute Gasteiger partial charge is 0.383 e. The van der Waals surface area contributed by atoms with E-state index in [1.807, 2.05) is 24.3 Å². The number of anilines is 1. The zero-order valence-electron chi connectivity index (χ0n) is 14.5. The lowest BCUT2D eigenvalue weighted by atomic mass is 10.0. The van der Waals surface area contributed by atoms with E-state index in [0.717, 1.165) is 27.4 Å². The molecule has 4 aromatic rings. The quantitative estimate of drug-likeness (QED) is 0.564. The second-order valence-corrected chi connectivity index (χ2v) is 6.05. The zero-order valence-corrected chi connectivity index (χ0v) is 14.5. The van der Waals surface area contributed by atoms with E-state index in [1.54, 1.807) is 12.3 Å². The number of benzene rings is 2. The molecule has 0 unspecified atom stereocenters. The van der Waals surface area contributed by atoms with Gasteiger partial charge in [0.1, 0.15) is 11.5 Å². The van der Waals surface area contributed by atoms with E-state index in [2.05, 4.69) is 20.5 Å². The van der Waals surface area contributed by atoms with Crippen molar-refractivity contribution < 1.29 is 8.78 Å². The topological polar surface area (TPSA) is 109 Å². The molecule has 4 rings (SSSR count). The number of nitrogen functional groups attached to an aromatic ring is 1. The molecule has 2 aromatic carbocycles. The van der Waals surface area contributed by atoms with Crippen LogP contribution in [0.2, 0.25) is 0 Å². The summed E-state index contributed by atoms with van der Waals surface area (Å²) < 4.78 is 28.9. The van der Waals surface area contributed by atoms with Crippen LogP contribution in [-0.2, 0) is 6.54 Å². The molecule has 0 amide bonds. The maximum atomic E-state index is 14.2.